The molecule has 2 rings (SSSR count). The van der Waals surface area contributed by atoms with Crippen molar-refractivity contribution in [2.24, 2.45) is 0 Å². The number of unbranched alkanes of at least 4 members (excludes halogenated alkanes) is 31. The van der Waals surface area contributed by atoms with Gasteiger partial charge in [0.1, 0.15) is 54.9 Å². The van der Waals surface area contributed by atoms with Crippen LogP contribution in [-0.2, 0) is 33.2 Å². The van der Waals surface area contributed by atoms with Gasteiger partial charge in [0, 0.05) is 13.0 Å². The Bertz CT molecular complexity index is 1590. The maximum absolute atomic E-state index is 13.1. The van der Waals surface area contributed by atoms with E-state index in [2.05, 4.69) is 74.6 Å². The average molecular weight is 1160 g/mol. The Kier molecular flexibility index (Phi) is 50.0. The molecule has 0 aromatic heterocycles. The van der Waals surface area contributed by atoms with Crippen LogP contribution in [0.1, 0.15) is 264 Å². The molecule has 0 amide bonds. The van der Waals surface area contributed by atoms with Crippen LogP contribution in [0.4, 0.5) is 0 Å². The van der Waals surface area contributed by atoms with Crippen molar-refractivity contribution >= 4 is 5.97 Å². The van der Waals surface area contributed by atoms with Gasteiger partial charge in [-0.25, -0.2) is 0 Å². The molecule has 2 aliphatic heterocycles. The first-order valence-corrected chi connectivity index (χ1v) is 33.4. The van der Waals surface area contributed by atoms with E-state index in [0.29, 0.717) is 13.0 Å². The van der Waals surface area contributed by atoms with Crippen molar-refractivity contribution in [1.82, 2.24) is 0 Å². The van der Waals surface area contributed by atoms with Gasteiger partial charge in [-0.05, 0) is 57.8 Å². The monoisotopic (exact) mass is 1160 g/mol. The summed E-state index contributed by atoms with van der Waals surface area (Å²) in [5.41, 5.74) is 0. The Morgan fingerprint density at radius 1 is 0.415 bits per heavy atom. The lowest BCUT2D eigenvalue weighted by Gasteiger charge is -2.42. The van der Waals surface area contributed by atoms with Gasteiger partial charge < -0.3 is 64.2 Å². The second kappa shape index (κ2) is 54.1. The van der Waals surface area contributed by atoms with E-state index < -0.39 is 80.7 Å². The number of aliphatic hydroxyl groups excluding tert-OH is 7. The van der Waals surface area contributed by atoms with Gasteiger partial charge in [0.25, 0.3) is 0 Å². The zero-order valence-corrected chi connectivity index (χ0v) is 51.7. The van der Waals surface area contributed by atoms with E-state index in [9.17, 15) is 40.5 Å². The summed E-state index contributed by atoms with van der Waals surface area (Å²) in [6, 6.07) is 0. The van der Waals surface area contributed by atoms with E-state index >= 15 is 0 Å². The number of hydrogen-bond acceptors (Lipinski definition) is 14. The molecular formula is C68H122O14. The first kappa shape index (κ1) is 75.8. The SMILES string of the molecule is CC/C=C\C/C=C\C/C=C\C/C=C\C/C=C\CCCCCCCCCCOCC(COC1OC(COC2OC(CO)C(O)C(O)C2O)C(O)C(O)C1O)OC(=O)CCCCCCCCCCCCCCCCCCCCCCCCCC. The lowest BCUT2D eigenvalue weighted by Crippen LogP contribution is -2.61. The maximum atomic E-state index is 13.1. The molecule has 0 aromatic rings. The number of allylic oxidation sites excluding steroid dienone is 10. The molecule has 2 fully saturated rings. The molecule has 11 unspecified atom stereocenters. The Morgan fingerprint density at radius 3 is 1.24 bits per heavy atom. The molecule has 2 heterocycles. The van der Waals surface area contributed by atoms with Crippen LogP contribution in [0.25, 0.3) is 0 Å². The van der Waals surface area contributed by atoms with Crippen LogP contribution in [0.5, 0.6) is 0 Å². The third kappa shape index (κ3) is 39.4. The second-order valence-corrected chi connectivity index (χ2v) is 23.3. The molecule has 82 heavy (non-hydrogen) atoms. The zero-order chi connectivity index (χ0) is 59.4. The average Bonchev–Trinajstić information content (AvgIpc) is 3.58. The van der Waals surface area contributed by atoms with Gasteiger partial charge in [-0.3, -0.25) is 4.79 Å². The van der Waals surface area contributed by atoms with Crippen LogP contribution in [0.15, 0.2) is 60.8 Å². The van der Waals surface area contributed by atoms with E-state index in [1.165, 1.54) is 161 Å². The molecule has 0 bridgehead atoms. The predicted octanol–water partition coefficient (Wildman–Crippen LogP) is 13.6. The fourth-order valence-electron chi connectivity index (χ4n) is 10.5. The quantitative estimate of drug-likeness (QED) is 0.0171. The highest BCUT2D eigenvalue weighted by Gasteiger charge is 2.47. The summed E-state index contributed by atoms with van der Waals surface area (Å²) in [6.45, 7) is 3.60. The largest absolute Gasteiger partial charge is 0.457 e. The highest BCUT2D eigenvalue weighted by Crippen LogP contribution is 2.27. The van der Waals surface area contributed by atoms with E-state index in [-0.39, 0.29) is 25.6 Å². The first-order chi connectivity index (χ1) is 40.1. The number of carbonyl (C=O) groups excluding carboxylic acids is 1. The van der Waals surface area contributed by atoms with Crippen LogP contribution in [0.3, 0.4) is 0 Å². The molecule has 7 N–H and O–H groups in total. The normalized spacial score (nSPS) is 23.9. The minimum absolute atomic E-state index is 0.0563. The molecule has 0 spiro atoms. The smallest absolute Gasteiger partial charge is 0.306 e. The van der Waals surface area contributed by atoms with E-state index in [0.717, 1.165) is 77.0 Å². The summed E-state index contributed by atoms with van der Waals surface area (Å²) in [7, 11) is 0. The summed E-state index contributed by atoms with van der Waals surface area (Å²) >= 11 is 0. The van der Waals surface area contributed by atoms with Crippen molar-refractivity contribution in [2.75, 3.05) is 33.0 Å². The van der Waals surface area contributed by atoms with Crippen LogP contribution < -0.4 is 0 Å². The third-order valence-electron chi connectivity index (χ3n) is 15.8. The molecule has 2 aliphatic rings. The van der Waals surface area contributed by atoms with Gasteiger partial charge in [0.15, 0.2) is 12.6 Å². The zero-order valence-electron chi connectivity index (χ0n) is 51.7. The Morgan fingerprint density at radius 2 is 0.793 bits per heavy atom. The molecule has 0 radical (unpaired) electrons. The van der Waals surface area contributed by atoms with Crippen molar-refractivity contribution in [2.45, 2.75) is 332 Å². The molecule has 478 valence electrons. The minimum Gasteiger partial charge on any atom is -0.457 e. The fraction of sp³-hybridized carbons (Fsp3) is 0.838. The van der Waals surface area contributed by atoms with Crippen molar-refractivity contribution < 1.29 is 69.0 Å². The number of ether oxygens (including phenoxy) is 6. The van der Waals surface area contributed by atoms with Crippen LogP contribution in [-0.4, -0.2) is 142 Å². The van der Waals surface area contributed by atoms with E-state index in [1.807, 2.05) is 0 Å². The molecule has 2 saturated heterocycles. The van der Waals surface area contributed by atoms with Gasteiger partial charge >= 0.3 is 5.97 Å². The molecule has 14 nitrogen and oxygen atoms in total. The van der Waals surface area contributed by atoms with Gasteiger partial charge in [0.05, 0.1) is 26.4 Å². The summed E-state index contributed by atoms with van der Waals surface area (Å²) in [6.07, 6.45) is 52.9. The van der Waals surface area contributed by atoms with Crippen LogP contribution in [0.2, 0.25) is 0 Å². The number of esters is 1. The predicted molar refractivity (Wildman–Crippen MR) is 330 cm³/mol. The Labute approximate surface area is 498 Å². The lowest BCUT2D eigenvalue weighted by molar-refractivity contribution is -0.332. The number of hydrogen-bond donors (Lipinski definition) is 7. The van der Waals surface area contributed by atoms with Crippen LogP contribution >= 0.6 is 0 Å². The molecule has 11 atom stereocenters. The van der Waals surface area contributed by atoms with Gasteiger partial charge in [-0.1, -0.05) is 261 Å². The fourth-order valence-corrected chi connectivity index (χ4v) is 10.5. The summed E-state index contributed by atoms with van der Waals surface area (Å²) in [5, 5.41) is 72.6. The molecular weight excluding hydrogens is 1040 g/mol. The van der Waals surface area contributed by atoms with Crippen molar-refractivity contribution in [1.29, 1.82) is 0 Å². The van der Waals surface area contributed by atoms with Crippen molar-refractivity contribution in [3.05, 3.63) is 60.8 Å². The molecule has 0 saturated carbocycles. The Hall–Kier alpha value is -2.31. The van der Waals surface area contributed by atoms with Crippen molar-refractivity contribution in [3.63, 3.8) is 0 Å². The number of rotatable bonds is 55. The lowest BCUT2D eigenvalue weighted by atomic mass is 9.98. The second-order valence-electron chi connectivity index (χ2n) is 23.3. The topological polar surface area (TPSA) is 214 Å². The van der Waals surface area contributed by atoms with E-state index in [1.54, 1.807) is 0 Å². The standard InChI is InChI=1S/C68H122O14/c1-3-5-7-9-11-13-15-17-19-21-23-25-27-29-31-33-35-37-39-41-43-45-47-49-51-60(70)80-57(55-78-67-66(76)64(74)62(72)59(82-67)56-79-68-65(75)63(73)61(71)58(53-69)81-68)54-77-52-50-48-46-44-42-40-38-36-34-32-30-28-26-24-22-20-18-16-14-12-10-8-6-4-2/h6,8,12,14,18,20,24,26,30,32,57-59,61-69,71-76H,3-5,7,9-11,13,15-17,19,21-23,25,27-29,31,33-56H2,1-2H3/b8-6-,14-12-,20-18-,26-24-,32-30-. The summed E-state index contributed by atoms with van der Waals surface area (Å²) < 4.78 is 34.5. The highest BCUT2D eigenvalue weighted by atomic mass is 16.7. The Balaban J connectivity index is 1.66. The van der Waals surface area contributed by atoms with Gasteiger partial charge in [-0.2, -0.15) is 0 Å². The van der Waals surface area contributed by atoms with Crippen LogP contribution in [0, 0.1) is 0 Å². The molecule has 0 aliphatic carbocycles. The third-order valence-corrected chi connectivity index (χ3v) is 15.8. The van der Waals surface area contributed by atoms with Gasteiger partial charge in [0.2, 0.25) is 0 Å². The van der Waals surface area contributed by atoms with Crippen molar-refractivity contribution in [3.8, 4) is 0 Å². The van der Waals surface area contributed by atoms with E-state index in [4.69, 9.17) is 28.4 Å². The highest BCUT2D eigenvalue weighted by molar-refractivity contribution is 5.69. The summed E-state index contributed by atoms with van der Waals surface area (Å²) in [4.78, 5) is 13.1. The maximum Gasteiger partial charge on any atom is 0.306 e. The van der Waals surface area contributed by atoms with Gasteiger partial charge in [-0.15, -0.1) is 0 Å². The number of aliphatic hydroxyl groups is 7. The molecule has 14 heteroatoms. The minimum atomic E-state index is -1.71. The summed E-state index contributed by atoms with van der Waals surface area (Å²) in [5.74, 6) is -0.375. The molecule has 0 aromatic carbocycles. The first-order valence-electron chi connectivity index (χ1n) is 33.4. The number of carbonyl (C=O) groups is 1.